The Morgan fingerprint density at radius 3 is 2.84 bits per heavy atom. The molecule has 5 nitrogen and oxygen atoms in total. The number of hydrogen-bond acceptors (Lipinski definition) is 5. The molecule has 0 saturated carbocycles. The number of anilines is 2. The van der Waals surface area contributed by atoms with Gasteiger partial charge in [-0.25, -0.2) is 0 Å². The highest BCUT2D eigenvalue weighted by Gasteiger charge is 2.06. The molecule has 104 valence electrons. The number of nitrogen functional groups attached to an aromatic ring is 1. The number of carbonyl (C=O) groups excluding carboxylic acids is 2. The van der Waals surface area contributed by atoms with Gasteiger partial charge < -0.3 is 15.8 Å². The van der Waals surface area contributed by atoms with Crippen LogP contribution in [-0.2, 0) is 14.3 Å². The Balaban J connectivity index is 2.35. The van der Waals surface area contributed by atoms with Gasteiger partial charge in [0.1, 0.15) is 0 Å². The number of rotatable bonds is 6. The summed E-state index contributed by atoms with van der Waals surface area (Å²) < 4.78 is 4.51. The van der Waals surface area contributed by atoms with Gasteiger partial charge in [-0.15, -0.1) is 11.8 Å². The first-order valence-corrected chi connectivity index (χ1v) is 6.99. The zero-order valence-electron chi connectivity index (χ0n) is 11.1. The normalized spacial score (nSPS) is 10.0. The fourth-order valence-corrected chi connectivity index (χ4v) is 2.12. The molecule has 0 aromatic heterocycles. The molecule has 6 heteroatoms. The number of methoxy groups -OCH3 is 1. The van der Waals surface area contributed by atoms with Gasteiger partial charge in [-0.2, -0.15) is 0 Å². The molecule has 0 aliphatic carbocycles. The predicted molar refractivity (Wildman–Crippen MR) is 78.2 cm³/mol. The molecule has 1 aromatic rings. The average Bonchev–Trinajstić information content (AvgIpc) is 2.38. The number of nitrogens with one attached hydrogen (secondary N) is 1. The predicted octanol–water partition coefficient (Wildman–Crippen LogP) is 1.81. The quantitative estimate of drug-likeness (QED) is 0.472. The number of benzene rings is 1. The van der Waals surface area contributed by atoms with Gasteiger partial charge in [-0.1, -0.05) is 6.07 Å². The second-order valence-corrected chi connectivity index (χ2v) is 5.11. The van der Waals surface area contributed by atoms with Crippen LogP contribution in [0.1, 0.15) is 12.0 Å². The van der Waals surface area contributed by atoms with Crippen molar-refractivity contribution in [1.29, 1.82) is 0 Å². The largest absolute Gasteiger partial charge is 0.468 e. The van der Waals surface area contributed by atoms with E-state index < -0.39 is 0 Å². The van der Waals surface area contributed by atoms with E-state index in [1.54, 1.807) is 12.1 Å². The zero-order valence-corrected chi connectivity index (χ0v) is 11.9. The van der Waals surface area contributed by atoms with Crippen LogP contribution in [0.2, 0.25) is 0 Å². The summed E-state index contributed by atoms with van der Waals surface area (Å²) in [6, 6.07) is 5.38. The summed E-state index contributed by atoms with van der Waals surface area (Å²) in [5, 5.41) is 2.80. The molecule has 0 heterocycles. The number of aryl methyl sites for hydroxylation is 1. The van der Waals surface area contributed by atoms with Gasteiger partial charge in [0.15, 0.2) is 0 Å². The SMILES string of the molecule is COC(=O)CSCCC(=O)Nc1cc(N)ccc1C. The van der Waals surface area contributed by atoms with Crippen molar-refractivity contribution < 1.29 is 14.3 Å². The molecule has 0 unspecified atom stereocenters. The van der Waals surface area contributed by atoms with Gasteiger partial charge in [0, 0.05) is 23.5 Å². The third-order valence-corrected chi connectivity index (χ3v) is 3.39. The molecule has 1 rings (SSSR count). The Morgan fingerprint density at radius 2 is 2.16 bits per heavy atom. The summed E-state index contributed by atoms with van der Waals surface area (Å²) in [4.78, 5) is 22.6. The monoisotopic (exact) mass is 282 g/mol. The summed E-state index contributed by atoms with van der Waals surface area (Å²) in [6.45, 7) is 1.90. The third-order valence-electron chi connectivity index (χ3n) is 2.46. The standard InChI is InChI=1S/C13H18N2O3S/c1-9-3-4-10(14)7-11(9)15-12(16)5-6-19-8-13(17)18-2/h3-4,7H,5-6,8,14H2,1-2H3,(H,15,16). The smallest absolute Gasteiger partial charge is 0.315 e. The Bertz CT molecular complexity index is 463. The van der Waals surface area contributed by atoms with Gasteiger partial charge in [0.05, 0.1) is 12.9 Å². The lowest BCUT2D eigenvalue weighted by molar-refractivity contribution is -0.137. The van der Waals surface area contributed by atoms with Gasteiger partial charge in [-0.05, 0) is 24.6 Å². The van der Waals surface area contributed by atoms with Gasteiger partial charge in [0.25, 0.3) is 0 Å². The van der Waals surface area contributed by atoms with Crippen LogP contribution in [0.4, 0.5) is 11.4 Å². The van der Waals surface area contributed by atoms with Crippen LogP contribution in [0, 0.1) is 6.92 Å². The maximum Gasteiger partial charge on any atom is 0.315 e. The molecule has 0 spiro atoms. The van der Waals surface area contributed by atoms with Crippen molar-refractivity contribution in [2.45, 2.75) is 13.3 Å². The Morgan fingerprint density at radius 1 is 1.42 bits per heavy atom. The first-order chi connectivity index (χ1) is 9.02. The minimum Gasteiger partial charge on any atom is -0.468 e. The number of esters is 1. The van der Waals surface area contributed by atoms with E-state index in [0.717, 1.165) is 11.3 Å². The number of ether oxygens (including phenoxy) is 1. The second kappa shape index (κ2) is 7.68. The van der Waals surface area contributed by atoms with Gasteiger partial charge >= 0.3 is 5.97 Å². The molecule has 1 aromatic carbocycles. The summed E-state index contributed by atoms with van der Waals surface area (Å²) in [5.74, 6) is 0.465. The van der Waals surface area contributed by atoms with Crippen molar-refractivity contribution in [3.63, 3.8) is 0 Å². The lowest BCUT2D eigenvalue weighted by Gasteiger charge is -2.09. The van der Waals surface area contributed by atoms with E-state index in [9.17, 15) is 9.59 Å². The second-order valence-electron chi connectivity index (χ2n) is 4.00. The van der Waals surface area contributed by atoms with Crippen molar-refractivity contribution in [3.8, 4) is 0 Å². The molecular weight excluding hydrogens is 264 g/mol. The molecule has 0 aliphatic rings. The molecule has 0 saturated heterocycles. The van der Waals surface area contributed by atoms with Gasteiger partial charge in [0.2, 0.25) is 5.91 Å². The molecule has 0 fully saturated rings. The summed E-state index contributed by atoms with van der Waals surface area (Å²) in [7, 11) is 1.35. The van der Waals surface area contributed by atoms with Gasteiger partial charge in [-0.3, -0.25) is 9.59 Å². The van der Waals surface area contributed by atoms with Crippen LogP contribution in [0.25, 0.3) is 0 Å². The molecule has 0 atom stereocenters. The Hall–Kier alpha value is -1.69. The lowest BCUT2D eigenvalue weighted by atomic mass is 10.2. The van der Waals surface area contributed by atoms with E-state index in [2.05, 4.69) is 10.1 Å². The lowest BCUT2D eigenvalue weighted by Crippen LogP contribution is -2.14. The number of nitrogens with two attached hydrogens (primary N) is 1. The summed E-state index contributed by atoms with van der Waals surface area (Å²) in [5.41, 5.74) is 7.97. The highest BCUT2D eigenvalue weighted by molar-refractivity contribution is 7.99. The number of thioether (sulfide) groups is 1. The van der Waals surface area contributed by atoms with Crippen LogP contribution in [0.5, 0.6) is 0 Å². The van der Waals surface area contributed by atoms with E-state index in [-0.39, 0.29) is 17.6 Å². The molecular formula is C13H18N2O3S. The minimum absolute atomic E-state index is 0.0916. The van der Waals surface area contributed by atoms with Crippen molar-refractivity contribution in [1.82, 2.24) is 0 Å². The van der Waals surface area contributed by atoms with Crippen LogP contribution >= 0.6 is 11.8 Å². The van der Waals surface area contributed by atoms with Crippen molar-refractivity contribution >= 4 is 35.0 Å². The van der Waals surface area contributed by atoms with E-state index >= 15 is 0 Å². The van der Waals surface area contributed by atoms with Crippen LogP contribution in [-0.4, -0.2) is 30.5 Å². The number of hydrogen-bond donors (Lipinski definition) is 2. The summed E-state index contributed by atoms with van der Waals surface area (Å²) in [6.07, 6.45) is 0.343. The Labute approximate surface area is 116 Å². The van der Waals surface area contributed by atoms with Crippen molar-refractivity contribution in [3.05, 3.63) is 23.8 Å². The first-order valence-electron chi connectivity index (χ1n) is 5.83. The van der Waals surface area contributed by atoms with Crippen molar-refractivity contribution in [2.75, 3.05) is 29.7 Å². The van der Waals surface area contributed by atoms with E-state index in [1.165, 1.54) is 18.9 Å². The van der Waals surface area contributed by atoms with E-state index in [1.807, 2.05) is 13.0 Å². The van der Waals surface area contributed by atoms with Crippen LogP contribution in [0.3, 0.4) is 0 Å². The first kappa shape index (κ1) is 15.4. The zero-order chi connectivity index (χ0) is 14.3. The number of amides is 1. The van der Waals surface area contributed by atoms with Crippen molar-refractivity contribution in [2.24, 2.45) is 0 Å². The highest BCUT2D eigenvalue weighted by atomic mass is 32.2. The minimum atomic E-state index is -0.280. The van der Waals surface area contributed by atoms with E-state index in [0.29, 0.717) is 17.9 Å². The van der Waals surface area contributed by atoms with Crippen LogP contribution in [0.15, 0.2) is 18.2 Å². The highest BCUT2D eigenvalue weighted by Crippen LogP contribution is 2.18. The molecule has 0 radical (unpaired) electrons. The number of carbonyl (C=O) groups is 2. The maximum absolute atomic E-state index is 11.7. The molecule has 1 amide bonds. The van der Waals surface area contributed by atoms with Crippen LogP contribution < -0.4 is 11.1 Å². The molecule has 3 N–H and O–H groups in total. The maximum atomic E-state index is 11.7. The third kappa shape index (κ3) is 5.65. The fourth-order valence-electron chi connectivity index (χ4n) is 1.37. The fraction of sp³-hybridized carbons (Fsp3) is 0.385. The Kier molecular flexibility index (Phi) is 6.21. The molecule has 0 bridgehead atoms. The molecule has 19 heavy (non-hydrogen) atoms. The summed E-state index contributed by atoms with van der Waals surface area (Å²) >= 11 is 1.37. The molecule has 0 aliphatic heterocycles. The van der Waals surface area contributed by atoms with E-state index in [4.69, 9.17) is 5.73 Å². The average molecular weight is 282 g/mol. The topological polar surface area (TPSA) is 81.4 Å².